The van der Waals surface area contributed by atoms with E-state index in [1.54, 1.807) is 6.92 Å². The van der Waals surface area contributed by atoms with Gasteiger partial charge in [0.2, 0.25) is 0 Å². The predicted octanol–water partition coefficient (Wildman–Crippen LogP) is 1.21. The maximum absolute atomic E-state index is 9.10. The molecule has 3 heteroatoms. The molecule has 1 N–H and O–H groups in total. The Bertz CT molecular complexity index is 221. The van der Waals surface area contributed by atoms with Gasteiger partial charge in [0, 0.05) is 12.0 Å². The molecule has 1 aromatic heterocycles. The molecule has 0 spiro atoms. The highest BCUT2D eigenvalue weighted by Crippen LogP contribution is 2.13. The van der Waals surface area contributed by atoms with Gasteiger partial charge in [0.1, 0.15) is 5.76 Å². The minimum atomic E-state index is -0.327. The largest absolute Gasteiger partial charge is 0.393 e. The second-order valence-electron chi connectivity index (χ2n) is 2.86. The molecule has 0 amide bonds. The van der Waals surface area contributed by atoms with Crippen molar-refractivity contribution in [2.75, 3.05) is 0 Å². The van der Waals surface area contributed by atoms with Crippen molar-refractivity contribution in [1.29, 1.82) is 0 Å². The third-order valence-electron chi connectivity index (χ3n) is 1.68. The van der Waals surface area contributed by atoms with Crippen LogP contribution in [0.4, 0.5) is 0 Å². The van der Waals surface area contributed by atoms with Crippen LogP contribution in [0, 0.1) is 13.8 Å². The van der Waals surface area contributed by atoms with E-state index in [9.17, 15) is 0 Å². The number of hydrogen-bond donors (Lipinski definition) is 1. The molecule has 0 bridgehead atoms. The summed E-state index contributed by atoms with van der Waals surface area (Å²) in [6, 6.07) is 0. The number of aliphatic hydroxyl groups excluding tert-OH is 1. The van der Waals surface area contributed by atoms with E-state index in [0.29, 0.717) is 6.42 Å². The molecule has 62 valence electrons. The lowest BCUT2D eigenvalue weighted by molar-refractivity contribution is 0.194. The lowest BCUT2D eigenvalue weighted by Gasteiger charge is -2.01. The molecule has 0 aliphatic heterocycles. The van der Waals surface area contributed by atoms with E-state index in [1.807, 2.05) is 13.8 Å². The van der Waals surface area contributed by atoms with Gasteiger partial charge in [0.05, 0.1) is 11.8 Å². The third kappa shape index (κ3) is 1.80. The van der Waals surface area contributed by atoms with Gasteiger partial charge in [-0.05, 0) is 20.8 Å². The van der Waals surface area contributed by atoms with Crippen molar-refractivity contribution >= 4 is 0 Å². The molecule has 1 heterocycles. The highest BCUT2D eigenvalue weighted by molar-refractivity contribution is 5.21. The summed E-state index contributed by atoms with van der Waals surface area (Å²) in [5.41, 5.74) is 1.91. The van der Waals surface area contributed by atoms with Crippen LogP contribution in [0.25, 0.3) is 0 Å². The summed E-state index contributed by atoms with van der Waals surface area (Å²) in [5.74, 6) is 0.809. The lowest BCUT2D eigenvalue weighted by atomic mass is 10.1. The van der Waals surface area contributed by atoms with Gasteiger partial charge in [-0.15, -0.1) is 0 Å². The fourth-order valence-corrected chi connectivity index (χ4v) is 1.09. The average Bonchev–Trinajstić information content (AvgIpc) is 2.18. The minimum absolute atomic E-state index is 0.327. The summed E-state index contributed by atoms with van der Waals surface area (Å²) < 4.78 is 4.94. The molecule has 1 atom stereocenters. The first-order chi connectivity index (χ1) is 5.11. The summed E-state index contributed by atoms with van der Waals surface area (Å²) in [5, 5.41) is 12.9. The first-order valence-corrected chi connectivity index (χ1v) is 3.71. The number of aromatic nitrogens is 1. The van der Waals surface area contributed by atoms with Crippen molar-refractivity contribution in [3.8, 4) is 0 Å². The molecule has 11 heavy (non-hydrogen) atoms. The van der Waals surface area contributed by atoms with Crippen LogP contribution in [-0.4, -0.2) is 16.4 Å². The van der Waals surface area contributed by atoms with E-state index < -0.39 is 0 Å². The quantitative estimate of drug-likeness (QED) is 0.698. The van der Waals surface area contributed by atoms with E-state index in [1.165, 1.54) is 0 Å². The lowest BCUT2D eigenvalue weighted by Crippen LogP contribution is -2.05. The molecular weight excluding hydrogens is 142 g/mol. The van der Waals surface area contributed by atoms with E-state index in [-0.39, 0.29) is 6.10 Å². The fourth-order valence-electron chi connectivity index (χ4n) is 1.09. The highest BCUT2D eigenvalue weighted by Gasteiger charge is 2.10. The maximum atomic E-state index is 9.10. The van der Waals surface area contributed by atoms with Crippen LogP contribution in [0.15, 0.2) is 4.52 Å². The maximum Gasteiger partial charge on any atom is 0.137 e. The molecule has 0 aromatic carbocycles. The number of rotatable bonds is 2. The highest BCUT2D eigenvalue weighted by atomic mass is 16.5. The first-order valence-electron chi connectivity index (χ1n) is 3.71. The third-order valence-corrected chi connectivity index (χ3v) is 1.68. The zero-order valence-corrected chi connectivity index (χ0v) is 7.09. The molecule has 0 saturated heterocycles. The number of hydrogen-bond acceptors (Lipinski definition) is 3. The van der Waals surface area contributed by atoms with Crippen molar-refractivity contribution in [2.45, 2.75) is 33.3 Å². The van der Waals surface area contributed by atoms with Crippen molar-refractivity contribution < 1.29 is 9.63 Å². The molecular formula is C8H13NO2. The number of aliphatic hydroxyl groups is 1. The Morgan fingerprint density at radius 3 is 2.55 bits per heavy atom. The van der Waals surface area contributed by atoms with Crippen molar-refractivity contribution in [2.24, 2.45) is 0 Å². The van der Waals surface area contributed by atoms with Crippen molar-refractivity contribution in [3.05, 3.63) is 17.0 Å². The zero-order chi connectivity index (χ0) is 8.43. The summed E-state index contributed by atoms with van der Waals surface area (Å²) in [7, 11) is 0. The molecule has 0 radical (unpaired) electrons. The number of aryl methyl sites for hydroxylation is 2. The van der Waals surface area contributed by atoms with E-state index in [4.69, 9.17) is 9.63 Å². The van der Waals surface area contributed by atoms with Crippen molar-refractivity contribution in [3.63, 3.8) is 0 Å². The standard InChI is InChI=1S/C8H13NO2/c1-5(10)4-8-6(2)9-11-7(8)3/h5,10H,4H2,1-3H3/t5-/m1/s1. The van der Waals surface area contributed by atoms with Crippen LogP contribution >= 0.6 is 0 Å². The molecule has 1 rings (SSSR count). The monoisotopic (exact) mass is 155 g/mol. The summed E-state index contributed by atoms with van der Waals surface area (Å²) in [6.07, 6.45) is 0.299. The molecule has 0 unspecified atom stereocenters. The van der Waals surface area contributed by atoms with Crippen LogP contribution in [0.5, 0.6) is 0 Å². The van der Waals surface area contributed by atoms with Gasteiger partial charge in [0.15, 0.2) is 0 Å². The van der Waals surface area contributed by atoms with E-state index >= 15 is 0 Å². The van der Waals surface area contributed by atoms with Crippen LogP contribution in [0.1, 0.15) is 23.9 Å². The summed E-state index contributed by atoms with van der Waals surface area (Å²) in [6.45, 7) is 5.50. The Morgan fingerprint density at radius 2 is 2.18 bits per heavy atom. The Morgan fingerprint density at radius 1 is 1.55 bits per heavy atom. The Balaban J connectivity index is 2.83. The zero-order valence-electron chi connectivity index (χ0n) is 7.09. The normalized spacial score (nSPS) is 13.5. The number of nitrogens with zero attached hydrogens (tertiary/aromatic N) is 1. The van der Waals surface area contributed by atoms with Gasteiger partial charge in [-0.3, -0.25) is 0 Å². The molecule has 0 aliphatic carbocycles. The Labute approximate surface area is 66.0 Å². The summed E-state index contributed by atoms with van der Waals surface area (Å²) >= 11 is 0. The minimum Gasteiger partial charge on any atom is -0.393 e. The molecule has 0 fully saturated rings. The summed E-state index contributed by atoms with van der Waals surface area (Å²) in [4.78, 5) is 0. The molecule has 1 aromatic rings. The van der Waals surface area contributed by atoms with Crippen LogP contribution in [-0.2, 0) is 6.42 Å². The van der Waals surface area contributed by atoms with Gasteiger partial charge >= 0.3 is 0 Å². The predicted molar refractivity (Wildman–Crippen MR) is 41.4 cm³/mol. The Hall–Kier alpha value is -0.830. The second kappa shape index (κ2) is 3.05. The van der Waals surface area contributed by atoms with Gasteiger partial charge in [-0.1, -0.05) is 5.16 Å². The SMILES string of the molecule is Cc1noc(C)c1C[C@@H](C)O. The average molecular weight is 155 g/mol. The van der Waals surface area contributed by atoms with Crippen LogP contribution in [0.3, 0.4) is 0 Å². The van der Waals surface area contributed by atoms with E-state index in [0.717, 1.165) is 17.0 Å². The van der Waals surface area contributed by atoms with Gasteiger partial charge in [-0.2, -0.15) is 0 Å². The molecule has 3 nitrogen and oxygen atoms in total. The smallest absolute Gasteiger partial charge is 0.137 e. The van der Waals surface area contributed by atoms with Gasteiger partial charge in [0.25, 0.3) is 0 Å². The Kier molecular flexibility index (Phi) is 2.29. The van der Waals surface area contributed by atoms with Crippen LogP contribution < -0.4 is 0 Å². The van der Waals surface area contributed by atoms with Gasteiger partial charge < -0.3 is 9.63 Å². The molecule has 0 aliphatic rings. The van der Waals surface area contributed by atoms with Crippen molar-refractivity contribution in [1.82, 2.24) is 5.16 Å². The van der Waals surface area contributed by atoms with Gasteiger partial charge in [-0.25, -0.2) is 0 Å². The van der Waals surface area contributed by atoms with E-state index in [2.05, 4.69) is 5.16 Å². The van der Waals surface area contributed by atoms with Crippen LogP contribution in [0.2, 0.25) is 0 Å². The topological polar surface area (TPSA) is 46.3 Å². The molecule has 0 saturated carbocycles. The fraction of sp³-hybridized carbons (Fsp3) is 0.625. The first kappa shape index (κ1) is 8.27. The second-order valence-corrected chi connectivity index (χ2v) is 2.86.